The van der Waals surface area contributed by atoms with Gasteiger partial charge in [-0.15, -0.1) is 11.3 Å². The van der Waals surface area contributed by atoms with Crippen molar-refractivity contribution in [2.45, 2.75) is 37.3 Å². The van der Waals surface area contributed by atoms with Gasteiger partial charge in [0.25, 0.3) is 0 Å². The average Bonchev–Trinajstić information content (AvgIpc) is 3.00. The molecular weight excluding hydrogens is 328 g/mol. The number of rotatable bonds is 4. The number of thiophene rings is 1. The van der Waals surface area contributed by atoms with E-state index in [1.165, 1.54) is 29.5 Å². The van der Waals surface area contributed by atoms with Gasteiger partial charge in [-0.3, -0.25) is 4.79 Å². The summed E-state index contributed by atoms with van der Waals surface area (Å²) in [6, 6.07) is 2.29. The molecule has 0 unspecified atom stereocenters. The van der Waals surface area contributed by atoms with Crippen molar-refractivity contribution in [3.63, 3.8) is 0 Å². The number of nitriles is 1. The molecule has 1 amide bonds. The van der Waals surface area contributed by atoms with Crippen LogP contribution in [0.25, 0.3) is 0 Å². The summed E-state index contributed by atoms with van der Waals surface area (Å²) in [4.78, 5) is 17.7. The molecule has 2 heterocycles. The molecule has 1 N–H and O–H groups in total. The summed E-state index contributed by atoms with van der Waals surface area (Å²) < 4.78 is 1.88. The van der Waals surface area contributed by atoms with Crippen LogP contribution in [0.4, 0.5) is 5.00 Å². The van der Waals surface area contributed by atoms with Gasteiger partial charge in [-0.1, -0.05) is 18.2 Å². The Labute approximate surface area is 143 Å². The number of hydrogen-bond acceptors (Lipinski definition) is 5. The third kappa shape index (κ3) is 3.59. The first kappa shape index (κ1) is 16.1. The summed E-state index contributed by atoms with van der Waals surface area (Å²) in [5.41, 5.74) is 1.82. The number of carbonyl (C=O) groups is 1. The molecule has 0 radical (unpaired) electrons. The van der Waals surface area contributed by atoms with Crippen LogP contribution in [-0.4, -0.2) is 21.2 Å². The van der Waals surface area contributed by atoms with E-state index >= 15 is 0 Å². The molecular formula is C16H18N4OS2. The topological polar surface area (TPSA) is 70.7 Å². The van der Waals surface area contributed by atoms with Gasteiger partial charge < -0.3 is 9.88 Å². The van der Waals surface area contributed by atoms with Gasteiger partial charge in [0.1, 0.15) is 11.1 Å². The zero-order valence-corrected chi connectivity index (χ0v) is 14.6. The Morgan fingerprint density at radius 3 is 3.04 bits per heavy atom. The summed E-state index contributed by atoms with van der Waals surface area (Å²) in [5.74, 6) is 0.198. The Morgan fingerprint density at radius 2 is 2.30 bits per heavy atom. The number of hydrogen-bond donors (Lipinski definition) is 1. The first-order valence-electron chi connectivity index (χ1n) is 7.63. The normalized spacial score (nSPS) is 13.9. The lowest BCUT2D eigenvalue weighted by atomic mass is 10.1. The molecule has 0 aromatic carbocycles. The molecule has 7 heteroatoms. The average molecular weight is 346 g/mol. The summed E-state index contributed by atoms with van der Waals surface area (Å²) in [5, 5.41) is 13.9. The quantitative estimate of drug-likeness (QED) is 0.681. The molecule has 23 heavy (non-hydrogen) atoms. The van der Waals surface area contributed by atoms with E-state index in [1.807, 2.05) is 17.8 Å². The second-order valence-corrected chi connectivity index (χ2v) is 7.59. The lowest BCUT2D eigenvalue weighted by molar-refractivity contribution is -0.113. The minimum atomic E-state index is -0.0918. The van der Waals surface area contributed by atoms with E-state index in [2.05, 4.69) is 16.4 Å². The monoisotopic (exact) mass is 346 g/mol. The summed E-state index contributed by atoms with van der Waals surface area (Å²) in [7, 11) is 1.90. The number of carbonyl (C=O) groups excluding carboxylic acids is 1. The van der Waals surface area contributed by atoms with E-state index in [9.17, 15) is 10.1 Å². The number of nitrogens with one attached hydrogen (secondary N) is 1. The molecule has 0 aliphatic heterocycles. The number of thioether (sulfide) groups is 1. The Balaban J connectivity index is 1.69. The smallest absolute Gasteiger partial charge is 0.235 e. The number of fused-ring (bicyclic) bond motifs is 1. The van der Waals surface area contributed by atoms with Crippen molar-refractivity contribution in [3.8, 4) is 6.07 Å². The third-order valence-corrected chi connectivity index (χ3v) is 6.16. The number of amides is 1. The number of nitrogens with zero attached hydrogens (tertiary/aromatic N) is 3. The van der Waals surface area contributed by atoms with Crippen molar-refractivity contribution in [2.75, 3.05) is 11.1 Å². The van der Waals surface area contributed by atoms with Crippen molar-refractivity contribution >= 4 is 34.0 Å². The molecule has 3 rings (SSSR count). The van der Waals surface area contributed by atoms with Gasteiger partial charge in [0.2, 0.25) is 5.91 Å². The molecule has 0 saturated carbocycles. The zero-order chi connectivity index (χ0) is 16.2. The van der Waals surface area contributed by atoms with Crippen LogP contribution < -0.4 is 5.32 Å². The lowest BCUT2D eigenvalue weighted by Gasteiger charge is -2.04. The fourth-order valence-corrected chi connectivity index (χ4v) is 4.72. The number of aromatic nitrogens is 2. The van der Waals surface area contributed by atoms with Crippen molar-refractivity contribution in [2.24, 2.45) is 7.05 Å². The molecule has 0 saturated heterocycles. The number of imidazole rings is 1. The molecule has 1 aliphatic carbocycles. The molecule has 0 atom stereocenters. The van der Waals surface area contributed by atoms with Crippen LogP contribution in [0.15, 0.2) is 17.6 Å². The molecule has 0 spiro atoms. The minimum absolute atomic E-state index is 0.0918. The molecule has 120 valence electrons. The van der Waals surface area contributed by atoms with Gasteiger partial charge in [0.15, 0.2) is 5.16 Å². The highest BCUT2D eigenvalue weighted by atomic mass is 32.2. The van der Waals surface area contributed by atoms with E-state index in [0.29, 0.717) is 10.6 Å². The van der Waals surface area contributed by atoms with Gasteiger partial charge in [-0.2, -0.15) is 5.26 Å². The Kier molecular flexibility index (Phi) is 5.03. The lowest BCUT2D eigenvalue weighted by Crippen LogP contribution is -2.14. The van der Waals surface area contributed by atoms with E-state index in [4.69, 9.17) is 0 Å². The minimum Gasteiger partial charge on any atom is -0.329 e. The van der Waals surface area contributed by atoms with Crippen LogP contribution in [0.5, 0.6) is 0 Å². The van der Waals surface area contributed by atoms with Gasteiger partial charge in [-0.25, -0.2) is 4.98 Å². The van der Waals surface area contributed by atoms with Crippen molar-refractivity contribution in [1.82, 2.24) is 9.55 Å². The highest BCUT2D eigenvalue weighted by molar-refractivity contribution is 7.99. The van der Waals surface area contributed by atoms with E-state index in [0.717, 1.165) is 30.0 Å². The van der Waals surface area contributed by atoms with Crippen LogP contribution in [-0.2, 0) is 24.7 Å². The van der Waals surface area contributed by atoms with Gasteiger partial charge >= 0.3 is 0 Å². The predicted molar refractivity (Wildman–Crippen MR) is 92.9 cm³/mol. The van der Waals surface area contributed by atoms with E-state index in [-0.39, 0.29) is 11.7 Å². The number of aryl methyl sites for hydroxylation is 2. The number of anilines is 1. The Bertz CT molecular complexity index is 757. The van der Waals surface area contributed by atoms with Crippen LogP contribution in [0.1, 0.15) is 35.3 Å². The van der Waals surface area contributed by atoms with Crippen LogP contribution in [0.3, 0.4) is 0 Å². The fraction of sp³-hybridized carbons (Fsp3) is 0.438. The molecule has 5 nitrogen and oxygen atoms in total. The predicted octanol–water partition coefficient (Wildman–Crippen LogP) is 3.35. The summed E-state index contributed by atoms with van der Waals surface area (Å²) >= 11 is 2.96. The Morgan fingerprint density at radius 1 is 1.48 bits per heavy atom. The molecule has 2 aromatic rings. The van der Waals surface area contributed by atoms with Gasteiger partial charge in [0, 0.05) is 24.3 Å². The SMILES string of the molecule is Cn1ccnc1SCC(=O)Nc1sc2c(c1C#N)CCCCC2. The van der Waals surface area contributed by atoms with Crippen molar-refractivity contribution in [3.05, 3.63) is 28.4 Å². The van der Waals surface area contributed by atoms with Crippen molar-refractivity contribution in [1.29, 1.82) is 5.26 Å². The molecule has 1 aliphatic rings. The first-order valence-corrected chi connectivity index (χ1v) is 9.44. The standard InChI is InChI=1S/C16H18N4OS2/c1-20-8-7-18-16(20)22-10-14(21)19-15-12(9-17)11-5-3-2-4-6-13(11)23-15/h7-8H,2-6,10H2,1H3,(H,19,21). The third-order valence-electron chi connectivity index (χ3n) is 3.90. The summed E-state index contributed by atoms with van der Waals surface area (Å²) in [6.07, 6.45) is 9.05. The van der Waals surface area contributed by atoms with E-state index < -0.39 is 0 Å². The Hall–Kier alpha value is -1.78. The maximum absolute atomic E-state index is 12.2. The highest BCUT2D eigenvalue weighted by Gasteiger charge is 2.21. The van der Waals surface area contributed by atoms with Crippen LogP contribution >= 0.6 is 23.1 Å². The second kappa shape index (κ2) is 7.20. The first-order chi connectivity index (χ1) is 11.2. The highest BCUT2D eigenvalue weighted by Crippen LogP contribution is 2.37. The maximum atomic E-state index is 12.2. The molecule has 0 bridgehead atoms. The van der Waals surface area contributed by atoms with Crippen LogP contribution in [0.2, 0.25) is 0 Å². The second-order valence-electron chi connectivity index (χ2n) is 5.54. The van der Waals surface area contributed by atoms with Crippen LogP contribution in [0, 0.1) is 11.3 Å². The largest absolute Gasteiger partial charge is 0.329 e. The summed E-state index contributed by atoms with van der Waals surface area (Å²) in [6.45, 7) is 0. The van der Waals surface area contributed by atoms with Gasteiger partial charge in [0.05, 0.1) is 11.3 Å². The zero-order valence-electron chi connectivity index (χ0n) is 13.0. The van der Waals surface area contributed by atoms with E-state index in [1.54, 1.807) is 17.5 Å². The molecule has 0 fully saturated rings. The molecule has 2 aromatic heterocycles. The van der Waals surface area contributed by atoms with Gasteiger partial charge in [-0.05, 0) is 31.2 Å². The van der Waals surface area contributed by atoms with Crippen molar-refractivity contribution < 1.29 is 4.79 Å². The fourth-order valence-electron chi connectivity index (χ4n) is 2.73. The maximum Gasteiger partial charge on any atom is 0.235 e.